The zero-order valence-corrected chi connectivity index (χ0v) is 17.5. The molecule has 1 saturated heterocycles. The van der Waals surface area contributed by atoms with Gasteiger partial charge >= 0.3 is 0 Å². The zero-order valence-electron chi connectivity index (χ0n) is 17.5. The third-order valence-electron chi connectivity index (χ3n) is 6.51. The van der Waals surface area contributed by atoms with E-state index >= 15 is 0 Å². The fourth-order valence-corrected chi connectivity index (χ4v) is 4.82. The minimum Gasteiger partial charge on any atom is -0.378 e. The van der Waals surface area contributed by atoms with Gasteiger partial charge in [-0.25, -0.2) is 4.98 Å². The molecule has 3 aliphatic rings. The Morgan fingerprint density at radius 3 is 2.97 bits per heavy atom. The van der Waals surface area contributed by atoms with Crippen molar-refractivity contribution in [1.82, 2.24) is 30.5 Å². The van der Waals surface area contributed by atoms with Gasteiger partial charge in [-0.05, 0) is 50.8 Å². The van der Waals surface area contributed by atoms with Crippen LogP contribution in [0.5, 0.6) is 0 Å². The van der Waals surface area contributed by atoms with Gasteiger partial charge in [0.1, 0.15) is 11.3 Å². The van der Waals surface area contributed by atoms with Crippen molar-refractivity contribution in [2.75, 3.05) is 6.61 Å². The highest BCUT2D eigenvalue weighted by Gasteiger charge is 2.31. The number of rotatable bonds is 4. The fraction of sp³-hybridized carbons (Fsp3) is 0.435. The van der Waals surface area contributed by atoms with Gasteiger partial charge in [-0.1, -0.05) is 0 Å². The maximum absolute atomic E-state index is 9.45. The predicted molar refractivity (Wildman–Crippen MR) is 116 cm³/mol. The van der Waals surface area contributed by atoms with E-state index in [-0.39, 0.29) is 6.10 Å². The van der Waals surface area contributed by atoms with Crippen LogP contribution in [0.1, 0.15) is 50.0 Å². The van der Waals surface area contributed by atoms with Crippen molar-refractivity contribution in [2.45, 2.75) is 51.3 Å². The molecule has 2 aliphatic heterocycles. The summed E-state index contributed by atoms with van der Waals surface area (Å²) in [7, 11) is 0. The van der Waals surface area contributed by atoms with Gasteiger partial charge in [-0.15, -0.1) is 5.53 Å². The van der Waals surface area contributed by atoms with Gasteiger partial charge in [0.15, 0.2) is 0 Å². The number of fused-ring (bicyclic) bond motifs is 3. The minimum atomic E-state index is 0.208. The first-order chi connectivity index (χ1) is 15.2. The molecule has 2 N–H and O–H groups in total. The predicted octanol–water partition coefficient (Wildman–Crippen LogP) is 3.27. The number of hydrogen-bond acceptors (Lipinski definition) is 7. The molecule has 1 saturated carbocycles. The molecule has 4 heterocycles. The lowest BCUT2D eigenvalue weighted by atomic mass is 10.0. The highest BCUT2D eigenvalue weighted by atomic mass is 16.5. The van der Waals surface area contributed by atoms with E-state index in [1.165, 1.54) is 18.5 Å². The van der Waals surface area contributed by atoms with Crippen LogP contribution in [-0.2, 0) is 11.3 Å². The molecule has 2 fully saturated rings. The van der Waals surface area contributed by atoms with Crippen molar-refractivity contribution in [2.24, 2.45) is 5.92 Å². The first-order valence-corrected chi connectivity index (χ1v) is 11.0. The molecule has 0 bridgehead atoms. The summed E-state index contributed by atoms with van der Waals surface area (Å²) in [5.74, 6) is 1.65. The van der Waals surface area contributed by atoms with Gasteiger partial charge in [-0.3, -0.25) is 9.99 Å². The van der Waals surface area contributed by atoms with Crippen LogP contribution in [0.15, 0.2) is 36.3 Å². The molecule has 0 unspecified atom stereocenters. The number of imidazole rings is 1. The summed E-state index contributed by atoms with van der Waals surface area (Å²) in [6.45, 7) is 3.52. The SMILES string of the molecule is C[C@@H]1C[C@H](n2c(CN3C=C(C4CC4)NN3)nc3cnc4ccc(C#N)cc4c32)CCO1. The lowest BCUT2D eigenvalue weighted by Gasteiger charge is -2.30. The Hall–Kier alpha value is -3.15. The van der Waals surface area contributed by atoms with Gasteiger partial charge in [0.05, 0.1) is 41.5 Å². The first-order valence-electron chi connectivity index (χ1n) is 11.0. The number of hydrazine groups is 2. The average molecular weight is 416 g/mol. The van der Waals surface area contributed by atoms with E-state index in [2.05, 4.69) is 44.7 Å². The van der Waals surface area contributed by atoms with E-state index in [4.69, 9.17) is 9.72 Å². The maximum atomic E-state index is 9.45. The molecule has 8 nitrogen and oxygen atoms in total. The molecule has 0 radical (unpaired) electrons. The first kappa shape index (κ1) is 18.6. The highest BCUT2D eigenvalue weighted by Crippen LogP contribution is 2.37. The Morgan fingerprint density at radius 2 is 2.16 bits per heavy atom. The van der Waals surface area contributed by atoms with Crippen LogP contribution in [-0.4, -0.2) is 32.3 Å². The summed E-state index contributed by atoms with van der Waals surface area (Å²) >= 11 is 0. The van der Waals surface area contributed by atoms with Gasteiger partial charge in [0.25, 0.3) is 0 Å². The quantitative estimate of drug-likeness (QED) is 0.676. The summed E-state index contributed by atoms with van der Waals surface area (Å²) in [5, 5.41) is 12.5. The summed E-state index contributed by atoms with van der Waals surface area (Å²) in [4.78, 5) is 9.62. The number of pyridine rings is 1. The molecule has 0 amide bonds. The van der Waals surface area contributed by atoms with Crippen molar-refractivity contribution >= 4 is 21.9 Å². The smallest absolute Gasteiger partial charge is 0.131 e. The molecule has 6 rings (SSSR count). The van der Waals surface area contributed by atoms with Gasteiger partial charge in [0.2, 0.25) is 0 Å². The molecule has 158 valence electrons. The Balaban J connectivity index is 1.49. The topological polar surface area (TPSA) is 91.0 Å². The number of allylic oxidation sites excluding steroid dienone is 1. The summed E-state index contributed by atoms with van der Waals surface area (Å²) in [5.41, 5.74) is 11.3. The molecule has 8 heteroatoms. The lowest BCUT2D eigenvalue weighted by molar-refractivity contribution is 0.00589. The highest BCUT2D eigenvalue weighted by molar-refractivity contribution is 6.02. The molecule has 1 aromatic carbocycles. The average Bonchev–Trinajstić information content (AvgIpc) is 3.42. The van der Waals surface area contributed by atoms with E-state index in [1.807, 2.05) is 24.4 Å². The van der Waals surface area contributed by atoms with Crippen LogP contribution in [0.2, 0.25) is 0 Å². The van der Waals surface area contributed by atoms with Crippen LogP contribution < -0.4 is 11.0 Å². The van der Waals surface area contributed by atoms with Gasteiger partial charge < -0.3 is 14.7 Å². The summed E-state index contributed by atoms with van der Waals surface area (Å²) in [6.07, 6.45) is 8.62. The van der Waals surface area contributed by atoms with Crippen LogP contribution in [0, 0.1) is 17.2 Å². The van der Waals surface area contributed by atoms with Crippen molar-refractivity contribution in [3.05, 3.63) is 47.7 Å². The molecular weight excluding hydrogens is 390 g/mol. The third kappa shape index (κ3) is 3.30. The number of ether oxygens (including phenoxy) is 1. The molecule has 0 spiro atoms. The molecular formula is C23H25N7O. The standard InChI is InChI=1S/C23H25N7O/c1-14-8-17(6-7-31-14)30-22(13-29-12-21(27-28-29)16-3-4-16)26-20-11-25-19-5-2-15(10-24)9-18(19)23(20)30/h2,5,9,11-12,14,16-17,27-28H,3-4,6-8,13H2,1H3/t14-,17-/m1/s1. The number of hydrogen-bond donors (Lipinski definition) is 2. The fourth-order valence-electron chi connectivity index (χ4n) is 4.82. The van der Waals surface area contributed by atoms with E-state index in [0.717, 1.165) is 47.2 Å². The van der Waals surface area contributed by atoms with Crippen molar-refractivity contribution in [3.63, 3.8) is 0 Å². The van der Waals surface area contributed by atoms with Crippen LogP contribution in [0.4, 0.5) is 0 Å². The second-order valence-corrected chi connectivity index (χ2v) is 8.82. The van der Waals surface area contributed by atoms with Gasteiger partial charge in [0, 0.05) is 35.8 Å². The number of nitriles is 1. The Labute approximate surface area is 180 Å². The van der Waals surface area contributed by atoms with E-state index < -0.39 is 0 Å². The summed E-state index contributed by atoms with van der Waals surface area (Å²) < 4.78 is 8.21. The Bertz CT molecular complexity index is 1240. The minimum absolute atomic E-state index is 0.208. The zero-order chi connectivity index (χ0) is 20.9. The largest absolute Gasteiger partial charge is 0.378 e. The molecule has 3 aromatic rings. The monoisotopic (exact) mass is 415 g/mol. The van der Waals surface area contributed by atoms with Gasteiger partial charge in [-0.2, -0.15) is 5.26 Å². The number of nitrogens with zero attached hydrogens (tertiary/aromatic N) is 5. The van der Waals surface area contributed by atoms with Crippen LogP contribution in [0.3, 0.4) is 0 Å². The second-order valence-electron chi connectivity index (χ2n) is 8.82. The lowest BCUT2D eigenvalue weighted by Crippen LogP contribution is -2.37. The van der Waals surface area contributed by atoms with Crippen LogP contribution >= 0.6 is 0 Å². The maximum Gasteiger partial charge on any atom is 0.131 e. The summed E-state index contributed by atoms with van der Waals surface area (Å²) in [6, 6.07) is 8.25. The molecule has 2 aromatic heterocycles. The van der Waals surface area contributed by atoms with Crippen LogP contribution in [0.25, 0.3) is 21.9 Å². The molecule has 2 atom stereocenters. The molecule has 1 aliphatic carbocycles. The number of aromatic nitrogens is 3. The van der Waals surface area contributed by atoms with Crippen molar-refractivity contribution in [1.29, 1.82) is 5.26 Å². The Morgan fingerprint density at radius 1 is 1.26 bits per heavy atom. The second kappa shape index (κ2) is 7.22. The number of benzene rings is 1. The van der Waals surface area contributed by atoms with E-state index in [1.54, 1.807) is 0 Å². The molecule has 31 heavy (non-hydrogen) atoms. The third-order valence-corrected chi connectivity index (χ3v) is 6.51. The number of nitrogens with one attached hydrogen (secondary N) is 2. The van der Waals surface area contributed by atoms with E-state index in [9.17, 15) is 5.26 Å². The van der Waals surface area contributed by atoms with E-state index in [0.29, 0.717) is 24.1 Å². The Kier molecular flexibility index (Phi) is 4.33. The normalized spacial score (nSPS) is 23.7. The van der Waals surface area contributed by atoms with Crippen molar-refractivity contribution in [3.8, 4) is 6.07 Å². The van der Waals surface area contributed by atoms with Crippen molar-refractivity contribution < 1.29 is 4.74 Å².